The van der Waals surface area contributed by atoms with Crippen LogP contribution < -0.4 is 0 Å². The molecule has 0 radical (unpaired) electrons. The zero-order chi connectivity index (χ0) is 26.1. The first-order chi connectivity index (χ1) is 15.7. The summed E-state index contributed by atoms with van der Waals surface area (Å²) in [6.45, 7) is 13.5. The third kappa shape index (κ3) is 10.2. The number of pyridine rings is 1. The first-order valence-electron chi connectivity index (χ1n) is 11.2. The predicted octanol–water partition coefficient (Wildman–Crippen LogP) is 4.04. The molecule has 0 aromatic carbocycles. The van der Waals surface area contributed by atoms with Crippen LogP contribution in [0.15, 0.2) is 18.3 Å². The SMILES string of the molecule is CCOC(=O)C(Cc1ccc(CN(C(=O)OC(C)(C)C)C(=O)OC(C)(C)C)nc1)C(=O)OCC. The van der Waals surface area contributed by atoms with Crippen molar-refractivity contribution in [2.24, 2.45) is 5.92 Å². The Morgan fingerprint density at radius 3 is 1.68 bits per heavy atom. The molecule has 0 saturated carbocycles. The lowest BCUT2D eigenvalue weighted by Gasteiger charge is -2.28. The smallest absolute Gasteiger partial charge is 0.420 e. The molecule has 1 aromatic rings. The number of ether oxygens (including phenoxy) is 4. The van der Waals surface area contributed by atoms with E-state index in [1.165, 1.54) is 6.20 Å². The van der Waals surface area contributed by atoms with Gasteiger partial charge in [0.25, 0.3) is 0 Å². The van der Waals surface area contributed by atoms with E-state index in [9.17, 15) is 19.2 Å². The number of nitrogens with zero attached hydrogens (tertiary/aromatic N) is 2. The summed E-state index contributed by atoms with van der Waals surface area (Å²) in [6.07, 6.45) is -0.231. The van der Waals surface area contributed by atoms with Crippen molar-refractivity contribution in [1.29, 1.82) is 0 Å². The van der Waals surface area contributed by atoms with Gasteiger partial charge in [-0.25, -0.2) is 14.5 Å². The highest BCUT2D eigenvalue weighted by Crippen LogP contribution is 2.18. The third-order valence-electron chi connectivity index (χ3n) is 4.02. The van der Waals surface area contributed by atoms with Crippen LogP contribution in [0.5, 0.6) is 0 Å². The summed E-state index contributed by atoms with van der Waals surface area (Å²) in [5.41, 5.74) is -0.673. The molecule has 1 rings (SSSR count). The van der Waals surface area contributed by atoms with Crippen molar-refractivity contribution in [3.05, 3.63) is 29.6 Å². The van der Waals surface area contributed by atoms with Gasteiger partial charge in [0.2, 0.25) is 0 Å². The monoisotopic (exact) mass is 480 g/mol. The van der Waals surface area contributed by atoms with E-state index < -0.39 is 41.2 Å². The van der Waals surface area contributed by atoms with Gasteiger partial charge in [0.1, 0.15) is 11.2 Å². The van der Waals surface area contributed by atoms with Crippen molar-refractivity contribution in [3.8, 4) is 0 Å². The topological polar surface area (TPSA) is 121 Å². The van der Waals surface area contributed by atoms with E-state index in [1.54, 1.807) is 67.5 Å². The molecule has 0 N–H and O–H groups in total. The number of amides is 2. The molecule has 0 atom stereocenters. The lowest BCUT2D eigenvalue weighted by atomic mass is 10.0. The van der Waals surface area contributed by atoms with Crippen LogP contribution in [0.1, 0.15) is 66.6 Å². The number of esters is 2. The van der Waals surface area contributed by atoms with E-state index in [0.717, 1.165) is 4.90 Å². The van der Waals surface area contributed by atoms with Gasteiger partial charge in [-0.3, -0.25) is 14.6 Å². The molecule has 0 aliphatic rings. The summed E-state index contributed by atoms with van der Waals surface area (Å²) in [4.78, 5) is 54.8. The Kier molecular flexibility index (Phi) is 10.5. The lowest BCUT2D eigenvalue weighted by molar-refractivity contribution is -0.161. The quantitative estimate of drug-likeness (QED) is 0.308. The van der Waals surface area contributed by atoms with E-state index in [0.29, 0.717) is 11.3 Å². The standard InChI is InChI=1S/C24H36N2O8/c1-9-31-19(27)18(20(28)32-10-2)13-16-11-12-17(25-14-16)15-26(21(29)33-23(3,4)5)22(30)34-24(6,7)8/h11-12,14,18H,9-10,13,15H2,1-8H3. The molecule has 190 valence electrons. The zero-order valence-corrected chi connectivity index (χ0v) is 21.3. The molecule has 10 heteroatoms. The van der Waals surface area contributed by atoms with Gasteiger partial charge in [-0.2, -0.15) is 0 Å². The molecule has 0 saturated heterocycles. The Morgan fingerprint density at radius 1 is 0.853 bits per heavy atom. The highest BCUT2D eigenvalue weighted by Gasteiger charge is 2.32. The minimum Gasteiger partial charge on any atom is -0.465 e. The number of hydrogen-bond donors (Lipinski definition) is 0. The highest BCUT2D eigenvalue weighted by molar-refractivity contribution is 5.95. The summed E-state index contributed by atoms with van der Waals surface area (Å²) >= 11 is 0. The van der Waals surface area contributed by atoms with Crippen LogP contribution in [0.25, 0.3) is 0 Å². The van der Waals surface area contributed by atoms with Gasteiger partial charge in [0.05, 0.1) is 25.5 Å². The zero-order valence-electron chi connectivity index (χ0n) is 21.3. The van der Waals surface area contributed by atoms with Crippen LogP contribution in [-0.2, 0) is 41.5 Å². The summed E-state index contributed by atoms with van der Waals surface area (Å²) in [7, 11) is 0. The Morgan fingerprint density at radius 2 is 1.32 bits per heavy atom. The van der Waals surface area contributed by atoms with Gasteiger partial charge in [-0.15, -0.1) is 0 Å². The fourth-order valence-electron chi connectivity index (χ4n) is 2.65. The molecule has 1 aromatic heterocycles. The van der Waals surface area contributed by atoms with E-state index in [1.807, 2.05) is 0 Å². The minimum atomic E-state index is -1.12. The Bertz CT molecular complexity index is 807. The molecule has 34 heavy (non-hydrogen) atoms. The fraction of sp³-hybridized carbons (Fsp3) is 0.625. The molecular formula is C24H36N2O8. The van der Waals surface area contributed by atoms with Crippen LogP contribution >= 0.6 is 0 Å². The average Bonchev–Trinajstić information content (AvgIpc) is 2.68. The van der Waals surface area contributed by atoms with Gasteiger partial charge >= 0.3 is 24.1 Å². The number of imide groups is 1. The molecule has 0 spiro atoms. The fourth-order valence-corrected chi connectivity index (χ4v) is 2.65. The molecular weight excluding hydrogens is 444 g/mol. The normalized spacial score (nSPS) is 11.6. The number of carbonyl (C=O) groups is 4. The lowest BCUT2D eigenvalue weighted by Crippen LogP contribution is -2.43. The van der Waals surface area contributed by atoms with Gasteiger partial charge < -0.3 is 18.9 Å². The molecule has 0 aliphatic carbocycles. The molecule has 2 amide bonds. The van der Waals surface area contributed by atoms with Crippen LogP contribution in [-0.4, -0.2) is 58.4 Å². The number of carbonyl (C=O) groups excluding carboxylic acids is 4. The molecule has 1 heterocycles. The second-order valence-corrected chi connectivity index (χ2v) is 9.47. The van der Waals surface area contributed by atoms with Crippen molar-refractivity contribution in [2.45, 2.75) is 79.6 Å². The third-order valence-corrected chi connectivity index (χ3v) is 4.02. The second-order valence-electron chi connectivity index (χ2n) is 9.47. The van der Waals surface area contributed by atoms with Crippen LogP contribution in [0.4, 0.5) is 9.59 Å². The average molecular weight is 481 g/mol. The van der Waals surface area contributed by atoms with E-state index in [-0.39, 0.29) is 26.2 Å². The number of hydrogen-bond acceptors (Lipinski definition) is 9. The van der Waals surface area contributed by atoms with Crippen molar-refractivity contribution >= 4 is 24.1 Å². The first-order valence-corrected chi connectivity index (χ1v) is 11.2. The highest BCUT2D eigenvalue weighted by atomic mass is 16.6. The number of aromatic nitrogens is 1. The van der Waals surface area contributed by atoms with Crippen molar-refractivity contribution in [3.63, 3.8) is 0 Å². The van der Waals surface area contributed by atoms with Crippen LogP contribution in [0.2, 0.25) is 0 Å². The van der Waals surface area contributed by atoms with Crippen LogP contribution in [0.3, 0.4) is 0 Å². The maximum atomic E-state index is 12.6. The van der Waals surface area contributed by atoms with Crippen molar-refractivity contribution in [2.75, 3.05) is 13.2 Å². The first kappa shape index (κ1) is 28.9. The van der Waals surface area contributed by atoms with E-state index in [4.69, 9.17) is 18.9 Å². The van der Waals surface area contributed by atoms with Gasteiger partial charge in [0.15, 0.2) is 5.92 Å². The largest absolute Gasteiger partial charge is 0.465 e. The Labute approximate surface area is 200 Å². The Balaban J connectivity index is 3.06. The molecule has 0 fully saturated rings. The molecule has 0 aliphatic heterocycles. The summed E-state index contributed by atoms with van der Waals surface area (Å²) in [5.74, 6) is -2.47. The minimum absolute atomic E-state index is 0.0345. The maximum Gasteiger partial charge on any atom is 0.420 e. The number of rotatable bonds is 8. The molecule has 0 bridgehead atoms. The summed E-state index contributed by atoms with van der Waals surface area (Å²) in [5, 5.41) is 0. The van der Waals surface area contributed by atoms with Crippen LogP contribution in [0, 0.1) is 5.92 Å². The van der Waals surface area contributed by atoms with E-state index >= 15 is 0 Å². The summed E-state index contributed by atoms with van der Waals surface area (Å²) < 4.78 is 20.6. The van der Waals surface area contributed by atoms with E-state index in [2.05, 4.69) is 4.98 Å². The Hall–Kier alpha value is -3.17. The van der Waals surface area contributed by atoms with Crippen molar-refractivity contribution in [1.82, 2.24) is 9.88 Å². The van der Waals surface area contributed by atoms with Crippen molar-refractivity contribution < 1.29 is 38.1 Å². The molecule has 0 unspecified atom stereocenters. The second kappa shape index (κ2) is 12.3. The van der Waals surface area contributed by atoms with Gasteiger partial charge in [-0.05, 0) is 73.4 Å². The predicted molar refractivity (Wildman–Crippen MR) is 123 cm³/mol. The molecule has 10 nitrogen and oxygen atoms in total. The maximum absolute atomic E-state index is 12.6. The van der Waals surface area contributed by atoms with Gasteiger partial charge in [0, 0.05) is 6.20 Å². The van der Waals surface area contributed by atoms with Gasteiger partial charge in [-0.1, -0.05) is 6.07 Å². The summed E-state index contributed by atoms with van der Waals surface area (Å²) in [6, 6.07) is 3.24.